The summed E-state index contributed by atoms with van der Waals surface area (Å²) in [5.74, 6) is 1.07. The summed E-state index contributed by atoms with van der Waals surface area (Å²) in [4.78, 5) is 4.27. The van der Waals surface area contributed by atoms with Gasteiger partial charge in [-0.15, -0.1) is 0 Å². The molecule has 4 heteroatoms. The number of ether oxygens (including phenoxy) is 1. The van der Waals surface area contributed by atoms with Crippen LogP contribution < -0.4 is 5.32 Å². The molecule has 1 aliphatic rings. The number of pyridine rings is 1. The molecule has 1 fully saturated rings. The first-order valence-electron chi connectivity index (χ1n) is 6.07. The van der Waals surface area contributed by atoms with Crippen molar-refractivity contribution in [1.82, 2.24) is 9.38 Å². The fourth-order valence-electron chi connectivity index (χ4n) is 2.35. The summed E-state index contributed by atoms with van der Waals surface area (Å²) < 4.78 is 7.82. The molecule has 4 nitrogen and oxygen atoms in total. The lowest BCUT2D eigenvalue weighted by Gasteiger charge is -2.24. The summed E-state index contributed by atoms with van der Waals surface area (Å²) in [6, 6.07) is 6.08. The molecule has 0 amide bonds. The number of aromatic nitrogens is 2. The van der Waals surface area contributed by atoms with Crippen LogP contribution in [0.25, 0.3) is 5.65 Å². The first-order chi connectivity index (χ1) is 8.27. The zero-order chi connectivity index (χ0) is 11.7. The van der Waals surface area contributed by atoms with Gasteiger partial charge in [0, 0.05) is 25.5 Å². The van der Waals surface area contributed by atoms with Gasteiger partial charge in [0.1, 0.15) is 11.5 Å². The molecule has 3 heterocycles. The first kappa shape index (κ1) is 10.6. The number of hydrogen-bond acceptors (Lipinski definition) is 3. The Morgan fingerprint density at radius 3 is 3.29 bits per heavy atom. The Balaban J connectivity index is 1.78. The summed E-state index contributed by atoms with van der Waals surface area (Å²) in [6.45, 7) is 3.89. The van der Waals surface area contributed by atoms with Crippen LogP contribution in [0, 0.1) is 0 Å². The van der Waals surface area contributed by atoms with E-state index in [4.69, 9.17) is 4.74 Å². The number of anilines is 1. The zero-order valence-corrected chi connectivity index (χ0v) is 10.0. The minimum atomic E-state index is -0.0251. The van der Waals surface area contributed by atoms with Crippen LogP contribution in [0.5, 0.6) is 0 Å². The lowest BCUT2D eigenvalue weighted by Crippen LogP contribution is -2.32. The van der Waals surface area contributed by atoms with Gasteiger partial charge in [0.05, 0.1) is 5.60 Å². The van der Waals surface area contributed by atoms with Gasteiger partial charge < -0.3 is 10.1 Å². The van der Waals surface area contributed by atoms with Crippen LogP contribution in [0.4, 0.5) is 5.82 Å². The van der Waals surface area contributed by atoms with Crippen LogP contribution >= 0.6 is 0 Å². The van der Waals surface area contributed by atoms with Crippen molar-refractivity contribution < 1.29 is 4.74 Å². The third-order valence-corrected chi connectivity index (χ3v) is 3.37. The summed E-state index contributed by atoms with van der Waals surface area (Å²) in [5, 5.41) is 3.45. The highest BCUT2D eigenvalue weighted by Gasteiger charge is 2.29. The molecule has 1 N–H and O–H groups in total. The second kappa shape index (κ2) is 4.04. The number of nitrogens with one attached hydrogen (secondary N) is 1. The molecule has 2 aromatic rings. The molecule has 0 spiro atoms. The molecule has 1 aliphatic heterocycles. The van der Waals surface area contributed by atoms with Crippen LogP contribution in [0.1, 0.15) is 19.8 Å². The van der Waals surface area contributed by atoms with Crippen LogP contribution in [0.3, 0.4) is 0 Å². The van der Waals surface area contributed by atoms with Gasteiger partial charge in [-0.05, 0) is 31.9 Å². The molecule has 1 atom stereocenters. The zero-order valence-electron chi connectivity index (χ0n) is 10.0. The molecular formula is C13H17N3O. The summed E-state index contributed by atoms with van der Waals surface area (Å²) in [6.07, 6.45) is 6.07. The standard InChI is InChI=1S/C13H17N3O/c1-13(6-3-9-17-13)10-15-12-5-2-4-11-14-7-8-16(11)12/h2,4-5,7-8,15H,3,6,9-10H2,1H3. The van der Waals surface area contributed by atoms with E-state index >= 15 is 0 Å². The Morgan fingerprint density at radius 2 is 2.47 bits per heavy atom. The minimum Gasteiger partial charge on any atom is -0.373 e. The van der Waals surface area contributed by atoms with E-state index < -0.39 is 0 Å². The van der Waals surface area contributed by atoms with Gasteiger partial charge in [0.25, 0.3) is 0 Å². The molecule has 0 saturated carbocycles. The van der Waals surface area contributed by atoms with Gasteiger partial charge in [0.15, 0.2) is 0 Å². The quantitative estimate of drug-likeness (QED) is 0.881. The minimum absolute atomic E-state index is 0.0251. The topological polar surface area (TPSA) is 38.6 Å². The van der Waals surface area contributed by atoms with Crippen molar-refractivity contribution in [3.05, 3.63) is 30.6 Å². The molecule has 1 saturated heterocycles. The molecule has 0 aliphatic carbocycles. The van der Waals surface area contributed by atoms with Crippen molar-refractivity contribution >= 4 is 11.5 Å². The van der Waals surface area contributed by atoms with E-state index in [-0.39, 0.29) is 5.60 Å². The average molecular weight is 231 g/mol. The molecule has 2 aromatic heterocycles. The van der Waals surface area contributed by atoms with Crippen molar-refractivity contribution in [3.63, 3.8) is 0 Å². The highest BCUT2D eigenvalue weighted by molar-refractivity contribution is 5.49. The van der Waals surface area contributed by atoms with Crippen molar-refractivity contribution in [1.29, 1.82) is 0 Å². The van der Waals surface area contributed by atoms with Gasteiger partial charge in [0.2, 0.25) is 0 Å². The molecule has 0 aromatic carbocycles. The summed E-state index contributed by atoms with van der Waals surface area (Å²) in [7, 11) is 0. The number of imidazole rings is 1. The summed E-state index contributed by atoms with van der Waals surface area (Å²) >= 11 is 0. The Labute approximate surface area is 101 Å². The van der Waals surface area contributed by atoms with E-state index in [0.717, 1.165) is 37.5 Å². The number of nitrogens with zero attached hydrogens (tertiary/aromatic N) is 2. The molecule has 3 rings (SSSR count). The smallest absolute Gasteiger partial charge is 0.138 e. The highest BCUT2D eigenvalue weighted by atomic mass is 16.5. The molecule has 1 unspecified atom stereocenters. The predicted octanol–water partition coefficient (Wildman–Crippen LogP) is 2.32. The monoisotopic (exact) mass is 231 g/mol. The van der Waals surface area contributed by atoms with Gasteiger partial charge >= 0.3 is 0 Å². The van der Waals surface area contributed by atoms with Crippen molar-refractivity contribution in [2.75, 3.05) is 18.5 Å². The maximum atomic E-state index is 5.77. The van der Waals surface area contributed by atoms with Gasteiger partial charge in [-0.3, -0.25) is 4.40 Å². The molecule has 17 heavy (non-hydrogen) atoms. The van der Waals surface area contributed by atoms with Crippen molar-refractivity contribution in [2.45, 2.75) is 25.4 Å². The molecule has 0 bridgehead atoms. The number of hydrogen-bond donors (Lipinski definition) is 1. The van der Waals surface area contributed by atoms with Gasteiger partial charge in [-0.2, -0.15) is 0 Å². The van der Waals surface area contributed by atoms with Crippen molar-refractivity contribution in [3.8, 4) is 0 Å². The van der Waals surface area contributed by atoms with Crippen molar-refractivity contribution in [2.24, 2.45) is 0 Å². The van der Waals surface area contributed by atoms with E-state index in [0.29, 0.717) is 0 Å². The number of rotatable bonds is 3. The fraction of sp³-hybridized carbons (Fsp3) is 0.462. The van der Waals surface area contributed by atoms with E-state index in [1.165, 1.54) is 0 Å². The Hall–Kier alpha value is -1.55. The van der Waals surface area contributed by atoms with Crippen LogP contribution in [-0.2, 0) is 4.74 Å². The fourth-order valence-corrected chi connectivity index (χ4v) is 2.35. The Morgan fingerprint density at radius 1 is 1.53 bits per heavy atom. The van der Waals surface area contributed by atoms with E-state index in [1.807, 2.05) is 24.5 Å². The largest absolute Gasteiger partial charge is 0.373 e. The third kappa shape index (κ3) is 2.00. The second-order valence-electron chi connectivity index (χ2n) is 4.82. The average Bonchev–Trinajstić information content (AvgIpc) is 2.95. The SMILES string of the molecule is CC1(CNc2cccc3nccn23)CCCO1. The van der Waals surface area contributed by atoms with E-state index in [9.17, 15) is 0 Å². The third-order valence-electron chi connectivity index (χ3n) is 3.37. The van der Waals surface area contributed by atoms with Gasteiger partial charge in [-0.25, -0.2) is 4.98 Å². The van der Waals surface area contributed by atoms with Gasteiger partial charge in [-0.1, -0.05) is 6.07 Å². The lowest BCUT2D eigenvalue weighted by molar-refractivity contribution is 0.0314. The number of fused-ring (bicyclic) bond motifs is 1. The second-order valence-corrected chi connectivity index (χ2v) is 4.82. The highest BCUT2D eigenvalue weighted by Crippen LogP contribution is 2.25. The maximum absolute atomic E-state index is 5.77. The lowest BCUT2D eigenvalue weighted by atomic mass is 10.0. The maximum Gasteiger partial charge on any atom is 0.138 e. The normalized spacial score (nSPS) is 24.3. The predicted molar refractivity (Wildman–Crippen MR) is 67.3 cm³/mol. The molecule has 90 valence electrons. The van der Waals surface area contributed by atoms with Crippen LogP contribution in [0.15, 0.2) is 30.6 Å². The van der Waals surface area contributed by atoms with Crippen LogP contribution in [-0.4, -0.2) is 28.1 Å². The Bertz CT molecular complexity index is 514. The first-order valence-corrected chi connectivity index (χ1v) is 6.07. The van der Waals surface area contributed by atoms with Crippen LogP contribution in [0.2, 0.25) is 0 Å². The van der Waals surface area contributed by atoms with E-state index in [1.54, 1.807) is 0 Å². The summed E-state index contributed by atoms with van der Waals surface area (Å²) in [5.41, 5.74) is 0.940. The Kier molecular flexibility index (Phi) is 2.52. The van der Waals surface area contributed by atoms with E-state index in [2.05, 4.69) is 27.7 Å². The molecular weight excluding hydrogens is 214 g/mol. The molecule has 0 radical (unpaired) electrons.